The number of likely N-dealkylation sites (N-methyl/N-ethyl adjacent to an activating group) is 1. The molecule has 0 aliphatic heterocycles. The minimum absolute atomic E-state index is 0.0532. The molecule has 0 aliphatic rings. The number of urea groups is 1. The number of phenols is 1. The summed E-state index contributed by atoms with van der Waals surface area (Å²) in [5.74, 6) is 0.516. The molecule has 2 rings (SSSR count). The van der Waals surface area contributed by atoms with Gasteiger partial charge in [0.1, 0.15) is 17.6 Å². The van der Waals surface area contributed by atoms with Crippen molar-refractivity contribution in [1.82, 2.24) is 4.90 Å². The predicted octanol–water partition coefficient (Wildman–Crippen LogP) is 3.25. The number of ether oxygens (including phenoxy) is 1. The number of carbonyl (C=O) groups excluding carboxylic acids is 1. The maximum atomic E-state index is 12.5. The van der Waals surface area contributed by atoms with E-state index in [4.69, 9.17) is 4.74 Å². The zero-order valence-electron chi connectivity index (χ0n) is 15.3. The molecular weight excluding hydrogens is 346 g/mol. The van der Waals surface area contributed by atoms with Crippen LogP contribution in [0.4, 0.5) is 10.5 Å². The molecule has 142 valence electrons. The maximum Gasteiger partial charge on any atom is 0.321 e. The van der Waals surface area contributed by atoms with Crippen LogP contribution in [-0.2, 0) is 0 Å². The normalized spacial score (nSPS) is 11.3. The van der Waals surface area contributed by atoms with Crippen molar-refractivity contribution in [2.45, 2.75) is 20.0 Å². The largest absolute Gasteiger partial charge is 0.508 e. The van der Waals surface area contributed by atoms with Crippen LogP contribution in [-0.4, -0.2) is 40.8 Å². The molecule has 0 aliphatic carbocycles. The van der Waals surface area contributed by atoms with Crippen LogP contribution in [0, 0.1) is 11.3 Å². The maximum absolute atomic E-state index is 12.5. The number of amides is 2. The molecule has 2 aromatic rings. The molecule has 1 atom stereocenters. The van der Waals surface area contributed by atoms with Crippen LogP contribution in [0.5, 0.6) is 11.5 Å². The molecule has 27 heavy (non-hydrogen) atoms. The van der Waals surface area contributed by atoms with Crippen molar-refractivity contribution < 1.29 is 19.7 Å². The lowest BCUT2D eigenvalue weighted by Gasteiger charge is -2.24. The Morgan fingerprint density at radius 3 is 2.70 bits per heavy atom. The van der Waals surface area contributed by atoms with E-state index in [2.05, 4.69) is 5.32 Å². The van der Waals surface area contributed by atoms with E-state index in [9.17, 15) is 20.3 Å². The molecule has 0 bridgehead atoms. The van der Waals surface area contributed by atoms with Gasteiger partial charge in [-0.3, -0.25) is 0 Å². The molecule has 0 saturated carbocycles. The Morgan fingerprint density at radius 1 is 1.30 bits per heavy atom. The average Bonchev–Trinajstić information content (AvgIpc) is 2.67. The smallest absolute Gasteiger partial charge is 0.321 e. The fourth-order valence-electron chi connectivity index (χ4n) is 2.58. The van der Waals surface area contributed by atoms with Gasteiger partial charge in [-0.1, -0.05) is 12.1 Å². The summed E-state index contributed by atoms with van der Waals surface area (Å²) < 4.78 is 5.37. The zero-order valence-corrected chi connectivity index (χ0v) is 15.3. The molecule has 0 fully saturated rings. The van der Waals surface area contributed by atoms with Gasteiger partial charge < -0.3 is 25.2 Å². The van der Waals surface area contributed by atoms with Crippen molar-refractivity contribution in [2.75, 3.05) is 25.0 Å². The Bertz CT molecular complexity index is 832. The van der Waals surface area contributed by atoms with Crippen molar-refractivity contribution in [2.24, 2.45) is 0 Å². The summed E-state index contributed by atoms with van der Waals surface area (Å²) in [5.41, 5.74) is 1.32. The van der Waals surface area contributed by atoms with Crippen molar-refractivity contribution >= 4 is 11.7 Å². The van der Waals surface area contributed by atoms with Crippen molar-refractivity contribution in [3.8, 4) is 17.6 Å². The van der Waals surface area contributed by atoms with Gasteiger partial charge in [-0.25, -0.2) is 4.79 Å². The molecule has 0 spiro atoms. The van der Waals surface area contributed by atoms with E-state index in [0.29, 0.717) is 35.7 Å². The number of phenolic OH excluding ortho intramolecular Hbond substituents is 1. The predicted molar refractivity (Wildman–Crippen MR) is 102 cm³/mol. The van der Waals surface area contributed by atoms with Crippen molar-refractivity contribution in [3.05, 3.63) is 53.6 Å². The summed E-state index contributed by atoms with van der Waals surface area (Å²) in [6.45, 7) is 4.51. The number of benzene rings is 2. The molecule has 2 aromatic carbocycles. The molecule has 0 heterocycles. The van der Waals surface area contributed by atoms with Crippen LogP contribution in [0.2, 0.25) is 0 Å². The number of nitrogens with zero attached hydrogens (tertiary/aromatic N) is 2. The molecule has 1 unspecified atom stereocenters. The molecule has 0 aromatic heterocycles. The van der Waals surface area contributed by atoms with Crippen LogP contribution in [0.1, 0.15) is 31.1 Å². The summed E-state index contributed by atoms with van der Waals surface area (Å²) in [7, 11) is 0. The molecule has 0 radical (unpaired) electrons. The Hall–Kier alpha value is -3.24. The van der Waals surface area contributed by atoms with E-state index in [1.54, 1.807) is 37.3 Å². The highest BCUT2D eigenvalue weighted by Crippen LogP contribution is 2.23. The van der Waals surface area contributed by atoms with E-state index in [1.165, 1.54) is 17.0 Å². The summed E-state index contributed by atoms with van der Waals surface area (Å²) in [5, 5.41) is 31.8. The first-order valence-electron chi connectivity index (χ1n) is 8.68. The number of nitriles is 1. The van der Waals surface area contributed by atoms with Gasteiger partial charge in [0, 0.05) is 12.2 Å². The van der Waals surface area contributed by atoms with Crippen molar-refractivity contribution in [1.29, 1.82) is 5.26 Å². The van der Waals surface area contributed by atoms with Gasteiger partial charge >= 0.3 is 6.03 Å². The fourth-order valence-corrected chi connectivity index (χ4v) is 2.58. The van der Waals surface area contributed by atoms with Gasteiger partial charge in [0.25, 0.3) is 0 Å². The van der Waals surface area contributed by atoms with E-state index in [-0.39, 0.29) is 12.3 Å². The number of rotatable bonds is 7. The standard InChI is InChI=1S/C20H23N3O4/c1-3-23(13-18(25)14-6-5-7-17(24)11-14)20(26)22-16-8-9-19(27-4-2)15(10-16)12-21/h5-11,18,24-25H,3-4,13H2,1-2H3,(H,22,26). The van der Waals surface area contributed by atoms with Crippen LogP contribution < -0.4 is 10.1 Å². The lowest BCUT2D eigenvalue weighted by Crippen LogP contribution is -2.37. The molecule has 0 saturated heterocycles. The Kier molecular flexibility index (Phi) is 7.03. The monoisotopic (exact) mass is 369 g/mol. The Labute approximate surface area is 158 Å². The lowest BCUT2D eigenvalue weighted by atomic mass is 10.1. The van der Waals surface area contributed by atoms with Crippen LogP contribution in [0.15, 0.2) is 42.5 Å². The minimum atomic E-state index is -0.933. The lowest BCUT2D eigenvalue weighted by molar-refractivity contribution is 0.128. The van der Waals surface area contributed by atoms with Gasteiger partial charge in [0.15, 0.2) is 0 Å². The highest BCUT2D eigenvalue weighted by atomic mass is 16.5. The third-order valence-corrected chi connectivity index (χ3v) is 3.97. The van der Waals surface area contributed by atoms with E-state index < -0.39 is 12.1 Å². The first-order valence-corrected chi connectivity index (χ1v) is 8.68. The van der Waals surface area contributed by atoms with Gasteiger partial charge in [-0.2, -0.15) is 5.26 Å². The molecule has 7 nitrogen and oxygen atoms in total. The SMILES string of the molecule is CCOc1ccc(NC(=O)N(CC)CC(O)c2cccc(O)c2)cc1C#N. The molecule has 2 amide bonds. The van der Waals surface area contributed by atoms with E-state index >= 15 is 0 Å². The fraction of sp³-hybridized carbons (Fsp3) is 0.300. The Morgan fingerprint density at radius 2 is 2.07 bits per heavy atom. The summed E-state index contributed by atoms with van der Waals surface area (Å²) in [6.07, 6.45) is -0.933. The van der Waals surface area contributed by atoms with Gasteiger partial charge in [-0.15, -0.1) is 0 Å². The summed E-state index contributed by atoms with van der Waals surface area (Å²) >= 11 is 0. The molecular formula is C20H23N3O4. The number of hydrogen-bond acceptors (Lipinski definition) is 5. The quantitative estimate of drug-likeness (QED) is 0.695. The topological polar surface area (TPSA) is 106 Å². The second kappa shape index (κ2) is 9.46. The number of aromatic hydroxyl groups is 1. The van der Waals surface area contributed by atoms with Crippen molar-refractivity contribution in [3.63, 3.8) is 0 Å². The highest BCUT2D eigenvalue weighted by Gasteiger charge is 2.18. The minimum Gasteiger partial charge on any atom is -0.508 e. The molecule has 3 N–H and O–H groups in total. The average molecular weight is 369 g/mol. The van der Waals surface area contributed by atoms with Gasteiger partial charge in [-0.05, 0) is 49.7 Å². The number of carbonyl (C=O) groups is 1. The number of aliphatic hydroxyl groups excluding tert-OH is 1. The molecule has 7 heteroatoms. The third kappa shape index (κ3) is 5.36. The van der Waals surface area contributed by atoms with Gasteiger partial charge in [0.2, 0.25) is 0 Å². The highest BCUT2D eigenvalue weighted by molar-refractivity contribution is 5.89. The Balaban J connectivity index is 2.07. The van der Waals surface area contributed by atoms with Crippen LogP contribution in [0.25, 0.3) is 0 Å². The zero-order chi connectivity index (χ0) is 19.8. The summed E-state index contributed by atoms with van der Waals surface area (Å²) in [6, 6.07) is 12.8. The first kappa shape index (κ1) is 20.1. The number of hydrogen-bond donors (Lipinski definition) is 3. The van der Waals surface area contributed by atoms with Crippen LogP contribution in [0.3, 0.4) is 0 Å². The number of anilines is 1. The van der Waals surface area contributed by atoms with Gasteiger partial charge in [0.05, 0.1) is 24.8 Å². The first-order chi connectivity index (χ1) is 13.0. The third-order valence-electron chi connectivity index (χ3n) is 3.97. The second-order valence-electron chi connectivity index (χ2n) is 5.84. The van der Waals surface area contributed by atoms with E-state index in [0.717, 1.165) is 0 Å². The summed E-state index contributed by atoms with van der Waals surface area (Å²) in [4.78, 5) is 14.0. The van der Waals surface area contributed by atoms with Crippen LogP contribution >= 0.6 is 0 Å². The number of nitrogens with one attached hydrogen (secondary N) is 1. The second-order valence-corrected chi connectivity index (χ2v) is 5.84. The number of aliphatic hydroxyl groups is 1. The van der Waals surface area contributed by atoms with E-state index in [1.807, 2.05) is 13.0 Å².